The molecule has 2 aliphatic heterocycles. The van der Waals surface area contributed by atoms with Gasteiger partial charge in [-0.05, 0) is 45.0 Å². The molecular weight excluding hydrogens is 256 g/mol. The Morgan fingerprint density at radius 2 is 2.37 bits per heavy atom. The molecule has 3 rings (SSSR count). The van der Waals surface area contributed by atoms with Gasteiger partial charge in [0, 0.05) is 22.1 Å². The Bertz CT molecular complexity index is 479. The molecule has 1 aromatic rings. The van der Waals surface area contributed by atoms with E-state index in [2.05, 4.69) is 30.1 Å². The lowest BCUT2D eigenvalue weighted by atomic mass is 9.88. The van der Waals surface area contributed by atoms with Crippen LogP contribution in [0.5, 0.6) is 5.75 Å². The first-order valence-corrected chi connectivity index (χ1v) is 7.92. The third kappa shape index (κ3) is 2.26. The SMILES string of the molecule is COc1cccc2c1C(C[C@@]1(N)CCCN1C)CS2. The molecule has 2 atom stereocenters. The first-order valence-electron chi connectivity index (χ1n) is 6.94. The average Bonchev–Trinajstić information content (AvgIpc) is 2.95. The molecule has 0 saturated carbocycles. The summed E-state index contributed by atoms with van der Waals surface area (Å²) in [5.74, 6) is 2.67. The van der Waals surface area contributed by atoms with Gasteiger partial charge in [-0.3, -0.25) is 4.90 Å². The number of nitrogens with two attached hydrogens (primary N) is 1. The van der Waals surface area contributed by atoms with Gasteiger partial charge < -0.3 is 10.5 Å². The van der Waals surface area contributed by atoms with Gasteiger partial charge in [0.15, 0.2) is 0 Å². The highest BCUT2D eigenvalue weighted by atomic mass is 32.2. The highest BCUT2D eigenvalue weighted by Crippen LogP contribution is 2.48. The van der Waals surface area contributed by atoms with Crippen LogP contribution in [-0.4, -0.2) is 37.0 Å². The maximum absolute atomic E-state index is 6.61. The lowest BCUT2D eigenvalue weighted by Crippen LogP contribution is -2.50. The van der Waals surface area contributed by atoms with Gasteiger partial charge in [-0.15, -0.1) is 11.8 Å². The zero-order chi connectivity index (χ0) is 13.5. The number of likely N-dealkylation sites (tertiary alicyclic amines) is 1. The summed E-state index contributed by atoms with van der Waals surface area (Å²) in [4.78, 5) is 3.69. The first kappa shape index (κ1) is 13.3. The molecule has 3 nitrogen and oxygen atoms in total. The van der Waals surface area contributed by atoms with Crippen LogP contribution in [0.25, 0.3) is 0 Å². The van der Waals surface area contributed by atoms with Crippen LogP contribution >= 0.6 is 11.8 Å². The Hall–Kier alpha value is -0.710. The molecule has 1 aromatic carbocycles. The van der Waals surface area contributed by atoms with Crippen molar-refractivity contribution in [1.29, 1.82) is 0 Å². The van der Waals surface area contributed by atoms with Crippen molar-refractivity contribution in [3.05, 3.63) is 23.8 Å². The van der Waals surface area contributed by atoms with Gasteiger partial charge in [0.1, 0.15) is 5.75 Å². The van der Waals surface area contributed by atoms with Gasteiger partial charge in [0.05, 0.1) is 12.8 Å². The van der Waals surface area contributed by atoms with Crippen molar-refractivity contribution in [1.82, 2.24) is 4.90 Å². The van der Waals surface area contributed by atoms with Crippen molar-refractivity contribution in [2.75, 3.05) is 26.5 Å². The van der Waals surface area contributed by atoms with Gasteiger partial charge in [-0.25, -0.2) is 0 Å². The maximum Gasteiger partial charge on any atom is 0.123 e. The van der Waals surface area contributed by atoms with E-state index in [9.17, 15) is 0 Å². The van der Waals surface area contributed by atoms with Crippen LogP contribution in [-0.2, 0) is 0 Å². The van der Waals surface area contributed by atoms with Crippen LogP contribution in [0.3, 0.4) is 0 Å². The van der Waals surface area contributed by atoms with Crippen LogP contribution in [0.1, 0.15) is 30.7 Å². The van der Waals surface area contributed by atoms with Gasteiger partial charge >= 0.3 is 0 Å². The fraction of sp³-hybridized carbons (Fsp3) is 0.600. The molecule has 0 radical (unpaired) electrons. The minimum Gasteiger partial charge on any atom is -0.496 e. The highest BCUT2D eigenvalue weighted by Gasteiger charge is 2.39. The van der Waals surface area contributed by atoms with Crippen molar-refractivity contribution in [2.45, 2.75) is 35.7 Å². The zero-order valence-corrected chi connectivity index (χ0v) is 12.5. The Kier molecular flexibility index (Phi) is 3.50. The Morgan fingerprint density at radius 1 is 1.53 bits per heavy atom. The molecule has 1 saturated heterocycles. The second-order valence-corrected chi connectivity index (χ2v) is 6.77. The topological polar surface area (TPSA) is 38.5 Å². The molecule has 1 fully saturated rings. The number of fused-ring (bicyclic) bond motifs is 1. The molecule has 1 unspecified atom stereocenters. The summed E-state index contributed by atoms with van der Waals surface area (Å²) in [5.41, 5.74) is 7.85. The summed E-state index contributed by atoms with van der Waals surface area (Å²) in [7, 11) is 3.91. The molecule has 2 heterocycles. The summed E-state index contributed by atoms with van der Waals surface area (Å²) in [6.07, 6.45) is 3.35. The molecule has 0 spiro atoms. The molecule has 19 heavy (non-hydrogen) atoms. The molecule has 0 aromatic heterocycles. The third-order valence-electron chi connectivity index (χ3n) is 4.56. The van der Waals surface area contributed by atoms with Crippen LogP contribution in [0.4, 0.5) is 0 Å². The molecule has 0 aliphatic carbocycles. The Balaban J connectivity index is 1.86. The number of hydrogen-bond donors (Lipinski definition) is 1. The first-order chi connectivity index (χ1) is 9.14. The fourth-order valence-corrected chi connectivity index (χ4v) is 4.65. The van der Waals surface area contributed by atoms with Crippen molar-refractivity contribution >= 4 is 11.8 Å². The summed E-state index contributed by atoms with van der Waals surface area (Å²) in [5, 5.41) is 0. The monoisotopic (exact) mass is 278 g/mol. The predicted octanol–water partition coefficient (Wildman–Crippen LogP) is 2.66. The van der Waals surface area contributed by atoms with Crippen LogP contribution in [0, 0.1) is 0 Å². The minimum atomic E-state index is -0.131. The smallest absolute Gasteiger partial charge is 0.123 e. The molecule has 4 heteroatoms. The standard InChI is InChI=1S/C15H22N2OS/c1-17-8-4-7-15(17,16)9-11-10-19-13-6-3-5-12(18-2)14(11)13/h3,5-6,11H,4,7-10,16H2,1-2H3/t11?,15-/m1/s1. The van der Waals surface area contributed by atoms with E-state index in [1.807, 2.05) is 11.8 Å². The molecule has 104 valence electrons. The van der Waals surface area contributed by atoms with E-state index in [1.165, 1.54) is 16.9 Å². The van der Waals surface area contributed by atoms with E-state index < -0.39 is 0 Å². The molecule has 2 aliphatic rings. The summed E-state index contributed by atoms with van der Waals surface area (Å²) in [6.45, 7) is 1.12. The van der Waals surface area contributed by atoms with E-state index in [1.54, 1.807) is 7.11 Å². The number of nitrogens with zero attached hydrogens (tertiary/aromatic N) is 1. The van der Waals surface area contributed by atoms with Gasteiger partial charge in [0.25, 0.3) is 0 Å². The number of ether oxygens (including phenoxy) is 1. The average molecular weight is 278 g/mol. The normalized spacial score (nSPS) is 30.6. The summed E-state index contributed by atoms with van der Waals surface area (Å²) < 4.78 is 5.54. The Morgan fingerprint density at radius 3 is 3.05 bits per heavy atom. The lowest BCUT2D eigenvalue weighted by Gasteiger charge is -2.34. The summed E-state index contributed by atoms with van der Waals surface area (Å²) >= 11 is 1.93. The van der Waals surface area contributed by atoms with E-state index >= 15 is 0 Å². The van der Waals surface area contributed by atoms with Crippen LogP contribution < -0.4 is 10.5 Å². The summed E-state index contributed by atoms with van der Waals surface area (Å²) in [6, 6.07) is 6.34. The van der Waals surface area contributed by atoms with Crippen molar-refractivity contribution in [3.8, 4) is 5.75 Å². The quantitative estimate of drug-likeness (QED) is 0.922. The predicted molar refractivity (Wildman–Crippen MR) is 79.9 cm³/mol. The molecule has 2 N–H and O–H groups in total. The highest BCUT2D eigenvalue weighted by molar-refractivity contribution is 7.99. The molecule has 0 bridgehead atoms. The van der Waals surface area contributed by atoms with Gasteiger partial charge in [-0.2, -0.15) is 0 Å². The second kappa shape index (κ2) is 5.00. The van der Waals surface area contributed by atoms with E-state index in [0.29, 0.717) is 5.92 Å². The fourth-order valence-electron chi connectivity index (χ4n) is 3.39. The number of benzene rings is 1. The molecule has 0 amide bonds. The zero-order valence-electron chi connectivity index (χ0n) is 11.7. The van der Waals surface area contributed by atoms with Crippen LogP contribution in [0.15, 0.2) is 23.1 Å². The number of methoxy groups -OCH3 is 1. The number of rotatable bonds is 3. The lowest BCUT2D eigenvalue weighted by molar-refractivity contribution is 0.159. The van der Waals surface area contributed by atoms with E-state index in [-0.39, 0.29) is 5.66 Å². The molecular formula is C15H22N2OS. The van der Waals surface area contributed by atoms with Gasteiger partial charge in [-0.1, -0.05) is 6.07 Å². The number of thioether (sulfide) groups is 1. The van der Waals surface area contributed by atoms with Crippen LogP contribution in [0.2, 0.25) is 0 Å². The van der Waals surface area contributed by atoms with E-state index in [0.717, 1.165) is 30.9 Å². The largest absolute Gasteiger partial charge is 0.496 e. The minimum absolute atomic E-state index is 0.131. The van der Waals surface area contributed by atoms with Crippen molar-refractivity contribution in [2.24, 2.45) is 5.73 Å². The maximum atomic E-state index is 6.61. The van der Waals surface area contributed by atoms with Crippen molar-refractivity contribution in [3.63, 3.8) is 0 Å². The van der Waals surface area contributed by atoms with Gasteiger partial charge in [0.2, 0.25) is 0 Å². The second-order valence-electron chi connectivity index (χ2n) is 5.71. The number of hydrogen-bond acceptors (Lipinski definition) is 4. The third-order valence-corrected chi connectivity index (χ3v) is 5.79. The van der Waals surface area contributed by atoms with Crippen molar-refractivity contribution < 1.29 is 4.74 Å². The Labute approximate surface area is 119 Å². The van der Waals surface area contributed by atoms with E-state index in [4.69, 9.17) is 10.5 Å².